The molecule has 1 saturated heterocycles. The molecule has 2 rings (SSSR count). The Hall–Kier alpha value is -1.46. The lowest BCUT2D eigenvalue weighted by Gasteiger charge is -2.27. The molecule has 0 aliphatic carbocycles. The monoisotopic (exact) mass is 305 g/mol. The van der Waals surface area contributed by atoms with Gasteiger partial charge in [-0.25, -0.2) is 0 Å². The molecular weight excluding hydrogens is 278 g/mol. The van der Waals surface area contributed by atoms with Crippen molar-refractivity contribution in [1.82, 2.24) is 9.88 Å². The van der Waals surface area contributed by atoms with E-state index in [0.29, 0.717) is 0 Å². The number of nitrogens with zero attached hydrogens (tertiary/aromatic N) is 2. The molecule has 1 aliphatic rings. The van der Waals surface area contributed by atoms with E-state index in [-0.39, 0.29) is 11.3 Å². The fourth-order valence-corrected chi connectivity index (χ4v) is 2.27. The molecule has 1 amide bonds. The Morgan fingerprint density at radius 1 is 1.41 bits per heavy atom. The van der Waals surface area contributed by atoms with E-state index in [1.54, 1.807) is 6.20 Å². The molecule has 2 heterocycles. The third-order valence-corrected chi connectivity index (χ3v) is 4.45. The number of morpholine rings is 1. The van der Waals surface area contributed by atoms with E-state index in [0.717, 1.165) is 56.2 Å². The van der Waals surface area contributed by atoms with Gasteiger partial charge in [0, 0.05) is 30.7 Å². The lowest BCUT2D eigenvalue weighted by atomic mass is 9.89. The van der Waals surface area contributed by atoms with Crippen LogP contribution in [0, 0.1) is 12.3 Å². The molecule has 0 unspecified atom stereocenters. The molecule has 0 aromatic carbocycles. The van der Waals surface area contributed by atoms with Crippen molar-refractivity contribution >= 4 is 11.6 Å². The number of aromatic nitrogens is 1. The number of ether oxygens (including phenoxy) is 1. The van der Waals surface area contributed by atoms with Crippen LogP contribution in [-0.4, -0.2) is 42.1 Å². The number of rotatable bonds is 5. The summed E-state index contributed by atoms with van der Waals surface area (Å²) in [4.78, 5) is 19.1. The zero-order chi connectivity index (χ0) is 16.2. The van der Waals surface area contributed by atoms with Crippen molar-refractivity contribution in [3.8, 4) is 0 Å². The SMILES string of the molecule is CCC(C)(C)C(=O)Nc1cnc(C)c(CN2CCOCC2)c1. The van der Waals surface area contributed by atoms with Crippen LogP contribution in [0.15, 0.2) is 12.3 Å². The van der Waals surface area contributed by atoms with Crippen molar-refractivity contribution in [2.24, 2.45) is 5.41 Å². The van der Waals surface area contributed by atoms with Crippen molar-refractivity contribution in [3.63, 3.8) is 0 Å². The van der Waals surface area contributed by atoms with Gasteiger partial charge in [0.15, 0.2) is 0 Å². The van der Waals surface area contributed by atoms with Crippen LogP contribution in [0.5, 0.6) is 0 Å². The van der Waals surface area contributed by atoms with Crippen LogP contribution >= 0.6 is 0 Å². The molecule has 1 aliphatic heterocycles. The molecule has 1 aromatic rings. The highest BCUT2D eigenvalue weighted by molar-refractivity contribution is 5.94. The summed E-state index contributed by atoms with van der Waals surface area (Å²) in [6.07, 6.45) is 2.54. The summed E-state index contributed by atoms with van der Waals surface area (Å²) in [5, 5.41) is 2.99. The zero-order valence-corrected chi connectivity index (χ0v) is 14.1. The van der Waals surface area contributed by atoms with Crippen LogP contribution in [0.3, 0.4) is 0 Å². The van der Waals surface area contributed by atoms with Gasteiger partial charge in [-0.2, -0.15) is 0 Å². The molecule has 1 N–H and O–H groups in total. The summed E-state index contributed by atoms with van der Waals surface area (Å²) in [5.41, 5.74) is 2.59. The molecule has 1 aromatic heterocycles. The lowest BCUT2D eigenvalue weighted by molar-refractivity contribution is -0.124. The molecule has 0 spiro atoms. The first-order valence-electron chi connectivity index (χ1n) is 7.99. The number of anilines is 1. The van der Waals surface area contributed by atoms with Crippen molar-refractivity contribution in [2.45, 2.75) is 40.7 Å². The Morgan fingerprint density at radius 2 is 2.09 bits per heavy atom. The molecule has 122 valence electrons. The van der Waals surface area contributed by atoms with Crippen LogP contribution in [0.4, 0.5) is 5.69 Å². The second-order valence-corrected chi connectivity index (χ2v) is 6.55. The minimum absolute atomic E-state index is 0.0398. The van der Waals surface area contributed by atoms with E-state index in [9.17, 15) is 4.79 Å². The lowest BCUT2D eigenvalue weighted by Crippen LogP contribution is -2.36. The molecule has 0 atom stereocenters. The largest absolute Gasteiger partial charge is 0.379 e. The first kappa shape index (κ1) is 16.9. The number of amides is 1. The van der Waals surface area contributed by atoms with E-state index in [4.69, 9.17) is 4.74 Å². The number of aryl methyl sites for hydroxylation is 1. The molecule has 22 heavy (non-hydrogen) atoms. The predicted octanol–water partition coefficient (Wildman–Crippen LogP) is 2.60. The van der Waals surface area contributed by atoms with Gasteiger partial charge >= 0.3 is 0 Å². The molecule has 0 radical (unpaired) electrons. The third-order valence-electron chi connectivity index (χ3n) is 4.45. The first-order chi connectivity index (χ1) is 10.4. The summed E-state index contributed by atoms with van der Waals surface area (Å²) in [6.45, 7) is 12.3. The topological polar surface area (TPSA) is 54.5 Å². The number of nitrogens with one attached hydrogen (secondary N) is 1. The molecule has 0 saturated carbocycles. The van der Waals surface area contributed by atoms with E-state index in [1.165, 1.54) is 0 Å². The highest BCUT2D eigenvalue weighted by Gasteiger charge is 2.25. The maximum Gasteiger partial charge on any atom is 0.230 e. The molecule has 1 fully saturated rings. The van der Waals surface area contributed by atoms with E-state index in [1.807, 2.05) is 33.8 Å². The van der Waals surface area contributed by atoms with Crippen molar-refractivity contribution in [2.75, 3.05) is 31.6 Å². The van der Waals surface area contributed by atoms with Gasteiger partial charge in [0.25, 0.3) is 0 Å². The number of hydrogen-bond acceptors (Lipinski definition) is 4. The number of carbonyl (C=O) groups excluding carboxylic acids is 1. The van der Waals surface area contributed by atoms with Gasteiger partial charge in [0.05, 0.1) is 25.1 Å². The maximum absolute atomic E-state index is 12.3. The Balaban J connectivity index is 2.07. The zero-order valence-electron chi connectivity index (χ0n) is 14.1. The highest BCUT2D eigenvalue weighted by Crippen LogP contribution is 2.23. The summed E-state index contributed by atoms with van der Waals surface area (Å²) in [7, 11) is 0. The summed E-state index contributed by atoms with van der Waals surface area (Å²) < 4.78 is 5.38. The number of hydrogen-bond donors (Lipinski definition) is 1. The molecule has 0 bridgehead atoms. The third kappa shape index (κ3) is 4.27. The minimum Gasteiger partial charge on any atom is -0.379 e. The van der Waals surface area contributed by atoms with Crippen molar-refractivity contribution < 1.29 is 9.53 Å². The summed E-state index contributed by atoms with van der Waals surface area (Å²) >= 11 is 0. The van der Waals surface area contributed by atoms with E-state index < -0.39 is 0 Å². The molecular formula is C17H27N3O2. The van der Waals surface area contributed by atoms with E-state index >= 15 is 0 Å². The van der Waals surface area contributed by atoms with Gasteiger partial charge < -0.3 is 10.1 Å². The number of pyridine rings is 1. The van der Waals surface area contributed by atoms with Gasteiger partial charge in [0.2, 0.25) is 5.91 Å². The van der Waals surface area contributed by atoms with Gasteiger partial charge in [-0.3, -0.25) is 14.7 Å². The summed E-state index contributed by atoms with van der Waals surface area (Å²) in [6, 6.07) is 2.04. The average Bonchev–Trinajstić information content (AvgIpc) is 2.51. The summed E-state index contributed by atoms with van der Waals surface area (Å²) in [5.74, 6) is 0.0398. The standard InChI is InChI=1S/C17H27N3O2/c1-5-17(3,4)16(21)19-15-10-14(13(2)18-11-15)12-20-6-8-22-9-7-20/h10-11H,5-9,12H2,1-4H3,(H,19,21). The second kappa shape index (κ2) is 7.20. The minimum atomic E-state index is -0.366. The predicted molar refractivity (Wildman–Crippen MR) is 87.8 cm³/mol. The Labute approximate surface area is 133 Å². The Bertz CT molecular complexity index is 523. The smallest absolute Gasteiger partial charge is 0.230 e. The Kier molecular flexibility index (Phi) is 5.53. The van der Waals surface area contributed by atoms with Crippen LogP contribution in [-0.2, 0) is 16.1 Å². The molecule has 5 heteroatoms. The highest BCUT2D eigenvalue weighted by atomic mass is 16.5. The average molecular weight is 305 g/mol. The van der Waals surface area contributed by atoms with Gasteiger partial charge in [0.1, 0.15) is 0 Å². The van der Waals surface area contributed by atoms with Crippen LogP contribution < -0.4 is 5.32 Å². The fourth-order valence-electron chi connectivity index (χ4n) is 2.27. The van der Waals surface area contributed by atoms with Gasteiger partial charge in [-0.05, 0) is 25.0 Å². The van der Waals surface area contributed by atoms with Gasteiger partial charge in [-0.15, -0.1) is 0 Å². The first-order valence-corrected chi connectivity index (χ1v) is 7.99. The van der Waals surface area contributed by atoms with Crippen LogP contribution in [0.25, 0.3) is 0 Å². The normalized spacial score (nSPS) is 16.5. The fraction of sp³-hybridized carbons (Fsp3) is 0.647. The van der Waals surface area contributed by atoms with Crippen molar-refractivity contribution in [3.05, 3.63) is 23.5 Å². The maximum atomic E-state index is 12.3. The van der Waals surface area contributed by atoms with E-state index in [2.05, 4.69) is 15.2 Å². The van der Waals surface area contributed by atoms with Gasteiger partial charge in [-0.1, -0.05) is 20.8 Å². The Morgan fingerprint density at radius 3 is 2.73 bits per heavy atom. The van der Waals surface area contributed by atoms with Crippen LogP contribution in [0.2, 0.25) is 0 Å². The van der Waals surface area contributed by atoms with Crippen LogP contribution in [0.1, 0.15) is 38.4 Å². The number of carbonyl (C=O) groups is 1. The second-order valence-electron chi connectivity index (χ2n) is 6.55. The molecule has 5 nitrogen and oxygen atoms in total. The quantitative estimate of drug-likeness (QED) is 0.908. The van der Waals surface area contributed by atoms with Crippen molar-refractivity contribution in [1.29, 1.82) is 0 Å².